The maximum atomic E-state index is 9.67. The number of aromatic hydroxyl groups is 1. The van der Waals surface area contributed by atoms with E-state index < -0.39 is 6.10 Å². The van der Waals surface area contributed by atoms with Gasteiger partial charge in [0.2, 0.25) is 0 Å². The lowest BCUT2D eigenvalue weighted by Gasteiger charge is -2.16. The Hall–Kier alpha value is -0.780. The molecule has 0 heterocycles. The standard InChI is InChI=1S/C10H14BrNO3/c1-5-3-6(7(13)4-12)10(15-2)8(11)9(5)14/h3,7,13-14H,4,12H2,1-2H3. The molecule has 0 amide bonds. The second-order valence-electron chi connectivity index (χ2n) is 3.23. The summed E-state index contributed by atoms with van der Waals surface area (Å²) in [5.74, 6) is 0.524. The number of rotatable bonds is 3. The molecule has 1 unspecified atom stereocenters. The van der Waals surface area contributed by atoms with E-state index in [0.29, 0.717) is 21.3 Å². The zero-order valence-electron chi connectivity index (χ0n) is 8.62. The lowest BCUT2D eigenvalue weighted by molar-refractivity contribution is 0.181. The molecule has 0 aliphatic heterocycles. The monoisotopic (exact) mass is 275 g/mol. The number of hydrogen-bond acceptors (Lipinski definition) is 4. The largest absolute Gasteiger partial charge is 0.506 e. The van der Waals surface area contributed by atoms with Gasteiger partial charge in [0.1, 0.15) is 16.0 Å². The van der Waals surface area contributed by atoms with E-state index in [4.69, 9.17) is 10.5 Å². The molecule has 0 radical (unpaired) electrons. The van der Waals surface area contributed by atoms with Crippen LogP contribution in [0.25, 0.3) is 0 Å². The first-order chi connectivity index (χ1) is 7.02. The molecule has 0 bridgehead atoms. The van der Waals surface area contributed by atoms with Crippen molar-refractivity contribution >= 4 is 15.9 Å². The van der Waals surface area contributed by atoms with E-state index in [0.717, 1.165) is 0 Å². The summed E-state index contributed by atoms with van der Waals surface area (Å²) in [6.45, 7) is 1.85. The number of phenolic OH excluding ortho intramolecular Hbond substituents is 1. The summed E-state index contributed by atoms with van der Waals surface area (Å²) in [7, 11) is 1.47. The fourth-order valence-corrected chi connectivity index (χ4v) is 2.06. The summed E-state index contributed by atoms with van der Waals surface area (Å²) in [5.41, 5.74) is 6.61. The number of methoxy groups -OCH3 is 1. The first-order valence-corrected chi connectivity index (χ1v) is 5.26. The van der Waals surface area contributed by atoms with Crippen LogP contribution in [0.5, 0.6) is 11.5 Å². The van der Waals surface area contributed by atoms with Gasteiger partial charge in [0.05, 0.1) is 13.2 Å². The molecular weight excluding hydrogens is 262 g/mol. The summed E-state index contributed by atoms with van der Waals surface area (Å²) in [6.07, 6.45) is -0.796. The maximum Gasteiger partial charge on any atom is 0.142 e. The van der Waals surface area contributed by atoms with Gasteiger partial charge in [0.25, 0.3) is 0 Å². The van der Waals surface area contributed by atoms with Gasteiger partial charge in [-0.25, -0.2) is 0 Å². The number of ether oxygens (including phenoxy) is 1. The third-order valence-electron chi connectivity index (χ3n) is 2.20. The van der Waals surface area contributed by atoms with Gasteiger partial charge >= 0.3 is 0 Å². The predicted molar refractivity (Wildman–Crippen MR) is 61.1 cm³/mol. The quantitative estimate of drug-likeness (QED) is 0.781. The van der Waals surface area contributed by atoms with Gasteiger partial charge in [-0.15, -0.1) is 0 Å². The van der Waals surface area contributed by atoms with E-state index in [-0.39, 0.29) is 12.3 Å². The minimum Gasteiger partial charge on any atom is -0.506 e. The van der Waals surface area contributed by atoms with E-state index in [1.165, 1.54) is 7.11 Å². The highest BCUT2D eigenvalue weighted by Gasteiger charge is 2.18. The minimum absolute atomic E-state index is 0.104. The topological polar surface area (TPSA) is 75.7 Å². The van der Waals surface area contributed by atoms with Crippen LogP contribution < -0.4 is 10.5 Å². The minimum atomic E-state index is -0.796. The molecule has 5 heteroatoms. The second-order valence-corrected chi connectivity index (χ2v) is 4.02. The zero-order valence-corrected chi connectivity index (χ0v) is 10.2. The van der Waals surface area contributed by atoms with Crippen LogP contribution >= 0.6 is 15.9 Å². The van der Waals surface area contributed by atoms with E-state index in [2.05, 4.69) is 15.9 Å². The van der Waals surface area contributed by atoms with Crippen LogP contribution in [0.2, 0.25) is 0 Å². The smallest absolute Gasteiger partial charge is 0.142 e. The fourth-order valence-electron chi connectivity index (χ4n) is 1.36. The molecule has 15 heavy (non-hydrogen) atoms. The zero-order chi connectivity index (χ0) is 11.6. The van der Waals surface area contributed by atoms with Crippen molar-refractivity contribution in [3.05, 3.63) is 21.7 Å². The summed E-state index contributed by atoms with van der Waals surface area (Å²) in [4.78, 5) is 0. The van der Waals surface area contributed by atoms with Gasteiger partial charge < -0.3 is 20.7 Å². The molecule has 84 valence electrons. The molecule has 0 fully saturated rings. The van der Waals surface area contributed by atoms with Crippen LogP contribution in [0.4, 0.5) is 0 Å². The Labute approximate surface area is 96.8 Å². The molecule has 1 aromatic carbocycles. The van der Waals surface area contributed by atoms with E-state index in [1.54, 1.807) is 13.0 Å². The van der Waals surface area contributed by atoms with Crippen molar-refractivity contribution in [1.29, 1.82) is 0 Å². The van der Waals surface area contributed by atoms with E-state index in [1.807, 2.05) is 0 Å². The van der Waals surface area contributed by atoms with Crippen molar-refractivity contribution in [3.63, 3.8) is 0 Å². The molecule has 0 aromatic heterocycles. The van der Waals surface area contributed by atoms with Gasteiger partial charge in [-0.2, -0.15) is 0 Å². The average Bonchev–Trinajstić information content (AvgIpc) is 2.24. The lowest BCUT2D eigenvalue weighted by Crippen LogP contribution is -2.13. The Morgan fingerprint density at radius 3 is 2.67 bits per heavy atom. The average molecular weight is 276 g/mol. The molecule has 0 saturated heterocycles. The highest BCUT2D eigenvalue weighted by molar-refractivity contribution is 9.10. The number of aliphatic hydroxyl groups excluding tert-OH is 1. The van der Waals surface area contributed by atoms with Gasteiger partial charge in [-0.3, -0.25) is 0 Å². The number of aryl methyl sites for hydroxylation is 1. The maximum absolute atomic E-state index is 9.67. The van der Waals surface area contributed by atoms with Crippen LogP contribution in [0, 0.1) is 6.92 Å². The SMILES string of the molecule is COc1c(C(O)CN)cc(C)c(O)c1Br. The van der Waals surface area contributed by atoms with Crippen molar-refractivity contribution in [3.8, 4) is 11.5 Å². The highest BCUT2D eigenvalue weighted by Crippen LogP contribution is 2.41. The Bertz CT molecular complexity index is 368. The second kappa shape index (κ2) is 4.83. The van der Waals surface area contributed by atoms with Gasteiger partial charge in [-0.1, -0.05) is 0 Å². The van der Waals surface area contributed by atoms with Gasteiger partial charge in [-0.05, 0) is 34.5 Å². The van der Waals surface area contributed by atoms with Gasteiger partial charge in [0, 0.05) is 12.1 Å². The molecule has 1 rings (SSSR count). The third kappa shape index (κ3) is 2.25. The number of aliphatic hydroxyl groups is 1. The van der Waals surface area contributed by atoms with Crippen LogP contribution in [0.15, 0.2) is 10.5 Å². The molecule has 0 aliphatic rings. The van der Waals surface area contributed by atoms with Crippen LogP contribution in [0.3, 0.4) is 0 Å². The Morgan fingerprint density at radius 1 is 1.60 bits per heavy atom. The lowest BCUT2D eigenvalue weighted by atomic mass is 10.0. The Balaban J connectivity index is 3.38. The van der Waals surface area contributed by atoms with Crippen molar-refractivity contribution in [2.24, 2.45) is 5.73 Å². The molecule has 0 aliphatic carbocycles. The Kier molecular flexibility index (Phi) is 3.96. The predicted octanol–water partition coefficient (Wildman–Crippen LogP) is 1.46. The number of nitrogens with two attached hydrogens (primary N) is 1. The summed E-state index contributed by atoms with van der Waals surface area (Å²) >= 11 is 3.21. The summed E-state index contributed by atoms with van der Waals surface area (Å²) in [6, 6.07) is 1.66. The van der Waals surface area contributed by atoms with E-state index in [9.17, 15) is 10.2 Å². The van der Waals surface area contributed by atoms with Crippen molar-refractivity contribution in [1.82, 2.24) is 0 Å². The fraction of sp³-hybridized carbons (Fsp3) is 0.400. The summed E-state index contributed by atoms with van der Waals surface area (Å²) < 4.78 is 5.55. The molecule has 4 N–H and O–H groups in total. The van der Waals surface area contributed by atoms with Crippen LogP contribution in [0.1, 0.15) is 17.2 Å². The molecule has 4 nitrogen and oxygen atoms in total. The number of hydrogen-bond donors (Lipinski definition) is 3. The Morgan fingerprint density at radius 2 is 2.20 bits per heavy atom. The van der Waals surface area contributed by atoms with Crippen LogP contribution in [-0.2, 0) is 0 Å². The first kappa shape index (κ1) is 12.3. The molecule has 0 spiro atoms. The molecule has 1 atom stereocenters. The normalized spacial score (nSPS) is 12.6. The highest BCUT2D eigenvalue weighted by atomic mass is 79.9. The third-order valence-corrected chi connectivity index (χ3v) is 2.94. The number of benzene rings is 1. The van der Waals surface area contributed by atoms with E-state index >= 15 is 0 Å². The molecule has 0 saturated carbocycles. The van der Waals surface area contributed by atoms with Crippen molar-refractivity contribution < 1.29 is 14.9 Å². The summed E-state index contributed by atoms with van der Waals surface area (Å²) in [5, 5.41) is 19.3. The van der Waals surface area contributed by atoms with Crippen LogP contribution in [-0.4, -0.2) is 23.9 Å². The first-order valence-electron chi connectivity index (χ1n) is 4.47. The van der Waals surface area contributed by atoms with Gasteiger partial charge in [0.15, 0.2) is 0 Å². The molecular formula is C10H14BrNO3. The van der Waals surface area contributed by atoms with Crippen molar-refractivity contribution in [2.75, 3.05) is 13.7 Å². The number of phenols is 1. The number of halogens is 1. The van der Waals surface area contributed by atoms with Crippen molar-refractivity contribution in [2.45, 2.75) is 13.0 Å². The molecule has 1 aromatic rings.